The van der Waals surface area contributed by atoms with Crippen LogP contribution in [0.25, 0.3) is 0 Å². The van der Waals surface area contributed by atoms with E-state index in [1.54, 1.807) is 0 Å². The molecule has 0 aliphatic carbocycles. The van der Waals surface area contributed by atoms with Gasteiger partial charge in [0.15, 0.2) is 0 Å². The molecule has 5 heteroatoms. The van der Waals surface area contributed by atoms with E-state index in [1.807, 2.05) is 0 Å². The van der Waals surface area contributed by atoms with Gasteiger partial charge in [-0.2, -0.15) is 0 Å². The molecule has 1 aliphatic rings. The van der Waals surface area contributed by atoms with Crippen molar-refractivity contribution < 1.29 is 18.7 Å². The first-order valence-corrected chi connectivity index (χ1v) is 5.32. The molecule has 0 saturated carbocycles. The number of cyclic esters (lactones) is 1. The topological polar surface area (TPSA) is 56.3 Å². The minimum absolute atomic E-state index is 0.145. The maximum atomic E-state index is 13.0. The molecule has 1 saturated heterocycles. The highest BCUT2D eigenvalue weighted by Gasteiger charge is 2.48. The van der Waals surface area contributed by atoms with Gasteiger partial charge in [0.1, 0.15) is 17.0 Å². The molecular formula is C12H12FNO3. The summed E-state index contributed by atoms with van der Waals surface area (Å²) in [7, 11) is 0. The number of halogens is 1. The monoisotopic (exact) mass is 237 g/mol. The molecule has 1 unspecified atom stereocenters. The van der Waals surface area contributed by atoms with Crippen molar-refractivity contribution in [1.29, 1.82) is 0 Å². The fourth-order valence-electron chi connectivity index (χ4n) is 2.06. The summed E-state index contributed by atoms with van der Waals surface area (Å²) in [6.07, 6.45) is 3.03. The average molecular weight is 237 g/mol. The van der Waals surface area contributed by atoms with Gasteiger partial charge in [-0.3, -0.25) is 14.6 Å². The lowest BCUT2D eigenvalue weighted by molar-refractivity contribution is -0.150. The third kappa shape index (κ3) is 2.05. The highest BCUT2D eigenvalue weighted by molar-refractivity contribution is 6.04. The van der Waals surface area contributed by atoms with Crippen LogP contribution in [0.3, 0.4) is 0 Å². The maximum Gasteiger partial charge on any atom is 0.320 e. The van der Waals surface area contributed by atoms with Crippen LogP contribution < -0.4 is 0 Å². The molecule has 0 amide bonds. The van der Waals surface area contributed by atoms with E-state index in [2.05, 4.69) is 4.98 Å². The lowest BCUT2D eigenvalue weighted by atomic mass is 9.77. The molecule has 1 aromatic rings. The molecule has 1 aromatic heterocycles. The molecule has 1 atom stereocenters. The van der Waals surface area contributed by atoms with Crippen LogP contribution in [-0.4, -0.2) is 23.3 Å². The van der Waals surface area contributed by atoms with Gasteiger partial charge in [0.05, 0.1) is 12.8 Å². The van der Waals surface area contributed by atoms with Crippen LogP contribution in [0.2, 0.25) is 0 Å². The molecule has 0 radical (unpaired) electrons. The van der Waals surface area contributed by atoms with Crippen LogP contribution >= 0.6 is 0 Å². The van der Waals surface area contributed by atoms with Crippen molar-refractivity contribution >= 4 is 11.8 Å². The van der Waals surface area contributed by atoms with Crippen LogP contribution in [0.4, 0.5) is 4.39 Å². The standard InChI is InChI=1S/C12H12FNO3/c1-8(15)12(2-3-17-11(12)16)5-9-4-10(13)7-14-6-9/h4,6-7H,2-3,5H2,1H3. The predicted octanol–water partition coefficient (Wildman–Crippen LogP) is 1.29. The van der Waals surface area contributed by atoms with Crippen molar-refractivity contribution in [2.45, 2.75) is 19.8 Å². The molecule has 0 aromatic carbocycles. The molecule has 0 N–H and O–H groups in total. The molecule has 1 fully saturated rings. The van der Waals surface area contributed by atoms with Crippen molar-refractivity contribution in [2.75, 3.05) is 6.61 Å². The van der Waals surface area contributed by atoms with Gasteiger partial charge in [0, 0.05) is 12.6 Å². The molecule has 2 heterocycles. The first-order valence-electron chi connectivity index (χ1n) is 5.32. The minimum Gasteiger partial charge on any atom is -0.465 e. The number of hydrogen-bond acceptors (Lipinski definition) is 4. The molecule has 17 heavy (non-hydrogen) atoms. The maximum absolute atomic E-state index is 13.0. The van der Waals surface area contributed by atoms with E-state index in [0.717, 1.165) is 6.20 Å². The van der Waals surface area contributed by atoms with Crippen molar-refractivity contribution in [3.63, 3.8) is 0 Å². The van der Waals surface area contributed by atoms with Gasteiger partial charge in [-0.1, -0.05) is 0 Å². The van der Waals surface area contributed by atoms with Gasteiger partial charge >= 0.3 is 5.97 Å². The Morgan fingerprint density at radius 2 is 2.35 bits per heavy atom. The second kappa shape index (κ2) is 4.24. The van der Waals surface area contributed by atoms with Gasteiger partial charge < -0.3 is 4.74 Å². The summed E-state index contributed by atoms with van der Waals surface area (Å²) in [5, 5.41) is 0. The Bertz CT molecular complexity index is 475. The third-order valence-electron chi connectivity index (χ3n) is 3.09. The third-order valence-corrected chi connectivity index (χ3v) is 3.09. The summed E-state index contributed by atoms with van der Waals surface area (Å²) in [5.41, 5.74) is -0.630. The van der Waals surface area contributed by atoms with Crippen LogP contribution in [0.15, 0.2) is 18.5 Å². The molecular weight excluding hydrogens is 225 g/mol. The molecule has 0 bridgehead atoms. The summed E-state index contributed by atoms with van der Waals surface area (Å²) >= 11 is 0. The number of pyridine rings is 1. The number of carbonyl (C=O) groups excluding carboxylic acids is 2. The van der Waals surface area contributed by atoms with E-state index >= 15 is 0 Å². The van der Waals surface area contributed by atoms with Crippen molar-refractivity contribution in [3.8, 4) is 0 Å². The number of Topliss-reactive ketones (excluding diaryl/α,β-unsaturated/α-hetero) is 1. The number of rotatable bonds is 3. The Hall–Kier alpha value is -1.78. The Balaban J connectivity index is 2.31. The number of esters is 1. The first kappa shape index (κ1) is 11.7. The van der Waals surface area contributed by atoms with E-state index < -0.39 is 17.2 Å². The highest BCUT2D eigenvalue weighted by Crippen LogP contribution is 2.34. The fourth-order valence-corrected chi connectivity index (χ4v) is 2.06. The molecule has 1 aliphatic heterocycles. The highest BCUT2D eigenvalue weighted by atomic mass is 19.1. The number of aromatic nitrogens is 1. The lowest BCUT2D eigenvalue weighted by Gasteiger charge is -2.20. The number of nitrogens with zero attached hydrogens (tertiary/aromatic N) is 1. The van der Waals surface area contributed by atoms with E-state index in [-0.39, 0.29) is 18.8 Å². The summed E-state index contributed by atoms with van der Waals surface area (Å²) in [4.78, 5) is 27.0. The van der Waals surface area contributed by atoms with Crippen LogP contribution in [0.5, 0.6) is 0 Å². The first-order chi connectivity index (χ1) is 8.04. The van der Waals surface area contributed by atoms with Crippen LogP contribution in [0, 0.1) is 11.2 Å². The second-order valence-corrected chi connectivity index (χ2v) is 4.21. The molecule has 4 nitrogen and oxygen atoms in total. The molecule has 90 valence electrons. The van der Waals surface area contributed by atoms with Crippen molar-refractivity contribution in [2.24, 2.45) is 5.41 Å². The van der Waals surface area contributed by atoms with E-state index in [0.29, 0.717) is 12.0 Å². The Labute approximate surface area is 97.8 Å². The zero-order valence-corrected chi connectivity index (χ0v) is 9.40. The largest absolute Gasteiger partial charge is 0.465 e. The summed E-state index contributed by atoms with van der Waals surface area (Å²) in [5.74, 6) is -1.24. The van der Waals surface area contributed by atoms with Gasteiger partial charge in [-0.15, -0.1) is 0 Å². The fraction of sp³-hybridized carbons (Fsp3) is 0.417. The van der Waals surface area contributed by atoms with Crippen molar-refractivity contribution in [1.82, 2.24) is 4.98 Å². The smallest absolute Gasteiger partial charge is 0.320 e. The van der Waals surface area contributed by atoms with Crippen molar-refractivity contribution in [3.05, 3.63) is 29.8 Å². The van der Waals surface area contributed by atoms with Gasteiger partial charge in [-0.05, 0) is 25.0 Å². The van der Waals surface area contributed by atoms with Crippen LogP contribution in [-0.2, 0) is 20.7 Å². The SMILES string of the molecule is CC(=O)C1(Cc2cncc(F)c2)CCOC1=O. The quantitative estimate of drug-likeness (QED) is 0.587. The zero-order chi connectivity index (χ0) is 12.5. The summed E-state index contributed by atoms with van der Waals surface area (Å²) < 4.78 is 17.9. The number of ether oxygens (including phenoxy) is 1. The summed E-state index contributed by atoms with van der Waals surface area (Å²) in [6.45, 7) is 1.60. The zero-order valence-electron chi connectivity index (χ0n) is 9.40. The number of carbonyl (C=O) groups is 2. The van der Waals surface area contributed by atoms with Gasteiger partial charge in [0.2, 0.25) is 0 Å². The van der Waals surface area contributed by atoms with Gasteiger partial charge in [-0.25, -0.2) is 4.39 Å². The second-order valence-electron chi connectivity index (χ2n) is 4.21. The van der Waals surface area contributed by atoms with E-state index in [9.17, 15) is 14.0 Å². The Morgan fingerprint density at radius 1 is 1.59 bits per heavy atom. The number of hydrogen-bond donors (Lipinski definition) is 0. The predicted molar refractivity (Wildman–Crippen MR) is 56.6 cm³/mol. The Morgan fingerprint density at radius 3 is 2.88 bits per heavy atom. The van der Waals surface area contributed by atoms with E-state index in [4.69, 9.17) is 4.74 Å². The Kier molecular flexibility index (Phi) is 2.92. The van der Waals surface area contributed by atoms with Crippen LogP contribution in [0.1, 0.15) is 18.9 Å². The molecule has 0 spiro atoms. The summed E-state index contributed by atoms with van der Waals surface area (Å²) in [6, 6.07) is 1.28. The normalized spacial score (nSPS) is 23.5. The average Bonchev–Trinajstić information content (AvgIpc) is 2.61. The minimum atomic E-state index is -1.16. The van der Waals surface area contributed by atoms with Gasteiger partial charge in [0.25, 0.3) is 0 Å². The lowest BCUT2D eigenvalue weighted by Crippen LogP contribution is -2.36. The number of ketones is 1. The molecule has 2 rings (SSSR count). The van der Waals surface area contributed by atoms with E-state index in [1.165, 1.54) is 19.2 Å².